The molecule has 108 valence electrons. The van der Waals surface area contributed by atoms with Gasteiger partial charge in [-0.05, 0) is 5.92 Å². The predicted octanol–water partition coefficient (Wildman–Crippen LogP) is -1.13. The first-order valence-corrected chi connectivity index (χ1v) is 6.02. The molecular weight excluding hydrogens is 254 g/mol. The number of nitrogens with one attached hydrogen (secondary N) is 2. The summed E-state index contributed by atoms with van der Waals surface area (Å²) in [4.78, 5) is 34.9. The number of methoxy groups -OCH3 is 1. The lowest BCUT2D eigenvalue weighted by molar-refractivity contribution is -0.139. The Kier molecular flexibility index (Phi) is 6.23. The highest BCUT2D eigenvalue weighted by molar-refractivity contribution is 5.95. The molecule has 0 saturated carbocycles. The molecule has 8 nitrogen and oxygen atoms in total. The van der Waals surface area contributed by atoms with Gasteiger partial charge in [0.05, 0.1) is 19.6 Å². The fourth-order valence-electron chi connectivity index (χ4n) is 1.86. The van der Waals surface area contributed by atoms with Crippen molar-refractivity contribution in [3.8, 4) is 0 Å². The fraction of sp³-hybridized carbons (Fsp3) is 0.727. The Balaban J connectivity index is 2.09. The monoisotopic (exact) mass is 273 g/mol. The highest BCUT2D eigenvalue weighted by atomic mass is 16.5. The van der Waals surface area contributed by atoms with Crippen molar-refractivity contribution < 1.29 is 24.2 Å². The van der Waals surface area contributed by atoms with Gasteiger partial charge in [0.1, 0.15) is 0 Å². The van der Waals surface area contributed by atoms with E-state index in [1.807, 2.05) is 0 Å². The summed E-state index contributed by atoms with van der Waals surface area (Å²) in [5.41, 5.74) is 0. The Labute approximate surface area is 111 Å². The van der Waals surface area contributed by atoms with Crippen molar-refractivity contribution in [2.45, 2.75) is 6.42 Å². The summed E-state index contributed by atoms with van der Waals surface area (Å²) >= 11 is 0. The van der Waals surface area contributed by atoms with Crippen LogP contribution in [0.2, 0.25) is 0 Å². The maximum Gasteiger partial charge on any atom is 0.321 e. The normalized spacial score (nSPS) is 15.6. The van der Waals surface area contributed by atoms with Gasteiger partial charge in [-0.2, -0.15) is 0 Å². The number of carbonyl (C=O) groups excluding carboxylic acids is 2. The highest BCUT2D eigenvalue weighted by Crippen LogP contribution is 2.17. The van der Waals surface area contributed by atoms with Crippen molar-refractivity contribution in [2.24, 2.45) is 5.92 Å². The number of aliphatic carboxylic acids is 1. The average molecular weight is 273 g/mol. The molecule has 1 aliphatic heterocycles. The van der Waals surface area contributed by atoms with E-state index < -0.39 is 17.9 Å². The highest BCUT2D eigenvalue weighted by Gasteiger charge is 2.29. The summed E-state index contributed by atoms with van der Waals surface area (Å²) in [6.07, 6.45) is 0.121. The summed E-state index contributed by atoms with van der Waals surface area (Å²) in [6.45, 7) is 1.97. The molecular formula is C11H19N3O5. The van der Waals surface area contributed by atoms with Crippen LogP contribution in [0.5, 0.6) is 0 Å². The minimum Gasteiger partial charge on any atom is -0.481 e. The number of carboxylic acids is 1. The van der Waals surface area contributed by atoms with E-state index in [-0.39, 0.29) is 18.9 Å². The number of carbonyl (C=O) groups is 3. The summed E-state index contributed by atoms with van der Waals surface area (Å²) < 4.78 is 4.75. The first-order chi connectivity index (χ1) is 9.01. The van der Waals surface area contributed by atoms with E-state index in [1.54, 1.807) is 4.90 Å². The number of likely N-dealkylation sites (tertiary alicyclic amines) is 1. The largest absolute Gasteiger partial charge is 0.481 e. The number of amides is 3. The second-order valence-electron chi connectivity index (χ2n) is 4.45. The number of imide groups is 1. The van der Waals surface area contributed by atoms with Gasteiger partial charge in [0, 0.05) is 26.7 Å². The zero-order chi connectivity index (χ0) is 14.3. The van der Waals surface area contributed by atoms with E-state index in [4.69, 9.17) is 9.84 Å². The van der Waals surface area contributed by atoms with Crippen molar-refractivity contribution in [1.82, 2.24) is 15.5 Å². The van der Waals surface area contributed by atoms with E-state index in [9.17, 15) is 14.4 Å². The Morgan fingerprint density at radius 1 is 1.37 bits per heavy atom. The molecule has 0 aliphatic carbocycles. The Morgan fingerprint density at radius 3 is 2.63 bits per heavy atom. The van der Waals surface area contributed by atoms with Crippen molar-refractivity contribution in [3.05, 3.63) is 0 Å². The number of carboxylic acid groups (broad SMARTS) is 1. The summed E-state index contributed by atoms with van der Waals surface area (Å²) in [5, 5.41) is 13.2. The van der Waals surface area contributed by atoms with Crippen LogP contribution in [-0.4, -0.2) is 67.8 Å². The molecule has 19 heavy (non-hydrogen) atoms. The fourth-order valence-corrected chi connectivity index (χ4v) is 1.86. The van der Waals surface area contributed by atoms with E-state index >= 15 is 0 Å². The zero-order valence-corrected chi connectivity index (χ0v) is 10.8. The number of ether oxygens (including phenoxy) is 1. The molecule has 0 radical (unpaired) electrons. The molecule has 0 unspecified atom stereocenters. The van der Waals surface area contributed by atoms with Crippen LogP contribution in [0.4, 0.5) is 4.79 Å². The van der Waals surface area contributed by atoms with Crippen LogP contribution < -0.4 is 10.6 Å². The number of rotatable bonds is 7. The van der Waals surface area contributed by atoms with Gasteiger partial charge in [-0.1, -0.05) is 0 Å². The SMILES string of the molecule is COCCNC(=O)NC(=O)CN1CC(CC(=O)O)C1. The van der Waals surface area contributed by atoms with Crippen LogP contribution in [0, 0.1) is 5.92 Å². The lowest BCUT2D eigenvalue weighted by Crippen LogP contribution is -2.53. The van der Waals surface area contributed by atoms with Gasteiger partial charge in [0.15, 0.2) is 0 Å². The summed E-state index contributed by atoms with van der Waals surface area (Å²) in [7, 11) is 1.52. The third-order valence-corrected chi connectivity index (χ3v) is 2.71. The van der Waals surface area contributed by atoms with Crippen LogP contribution in [-0.2, 0) is 14.3 Å². The second kappa shape index (κ2) is 7.70. The summed E-state index contributed by atoms with van der Waals surface area (Å²) in [5.74, 6) is -1.13. The predicted molar refractivity (Wildman–Crippen MR) is 65.6 cm³/mol. The van der Waals surface area contributed by atoms with Gasteiger partial charge < -0.3 is 15.2 Å². The third-order valence-electron chi connectivity index (χ3n) is 2.71. The molecule has 0 bridgehead atoms. The van der Waals surface area contributed by atoms with Gasteiger partial charge in [0.25, 0.3) is 0 Å². The minimum atomic E-state index is -0.827. The lowest BCUT2D eigenvalue weighted by Gasteiger charge is -2.37. The van der Waals surface area contributed by atoms with E-state index in [2.05, 4.69) is 10.6 Å². The molecule has 1 saturated heterocycles. The lowest BCUT2D eigenvalue weighted by atomic mass is 9.96. The molecule has 0 aromatic heterocycles. The minimum absolute atomic E-state index is 0.0980. The molecule has 8 heteroatoms. The second-order valence-corrected chi connectivity index (χ2v) is 4.45. The van der Waals surface area contributed by atoms with Gasteiger partial charge in [-0.3, -0.25) is 19.8 Å². The van der Waals surface area contributed by atoms with E-state index in [0.29, 0.717) is 26.2 Å². The van der Waals surface area contributed by atoms with E-state index in [1.165, 1.54) is 7.11 Å². The number of hydrogen-bond donors (Lipinski definition) is 3. The molecule has 1 rings (SSSR count). The Morgan fingerprint density at radius 2 is 2.05 bits per heavy atom. The number of hydrogen-bond acceptors (Lipinski definition) is 5. The van der Waals surface area contributed by atoms with Gasteiger partial charge in [0.2, 0.25) is 5.91 Å². The van der Waals surface area contributed by atoms with Crippen LogP contribution in [0.25, 0.3) is 0 Å². The van der Waals surface area contributed by atoms with Gasteiger partial charge >= 0.3 is 12.0 Å². The first kappa shape index (κ1) is 15.4. The molecule has 0 aromatic rings. The van der Waals surface area contributed by atoms with Crippen LogP contribution >= 0.6 is 0 Å². The third kappa shape index (κ3) is 6.16. The maximum absolute atomic E-state index is 11.5. The topological polar surface area (TPSA) is 108 Å². The average Bonchev–Trinajstić information content (AvgIpc) is 2.25. The zero-order valence-electron chi connectivity index (χ0n) is 10.8. The molecule has 0 aromatic carbocycles. The molecule has 0 atom stereocenters. The molecule has 1 heterocycles. The van der Waals surface area contributed by atoms with Crippen LogP contribution in [0.3, 0.4) is 0 Å². The molecule has 1 fully saturated rings. The van der Waals surface area contributed by atoms with Crippen molar-refractivity contribution in [3.63, 3.8) is 0 Å². The van der Waals surface area contributed by atoms with Gasteiger partial charge in [-0.15, -0.1) is 0 Å². The van der Waals surface area contributed by atoms with Crippen molar-refractivity contribution in [2.75, 3.05) is 39.9 Å². The number of urea groups is 1. The first-order valence-electron chi connectivity index (χ1n) is 6.02. The van der Waals surface area contributed by atoms with Crippen molar-refractivity contribution >= 4 is 17.9 Å². The van der Waals surface area contributed by atoms with Crippen LogP contribution in [0.1, 0.15) is 6.42 Å². The molecule has 3 N–H and O–H groups in total. The smallest absolute Gasteiger partial charge is 0.321 e. The quantitative estimate of drug-likeness (QED) is 0.506. The van der Waals surface area contributed by atoms with Crippen LogP contribution in [0.15, 0.2) is 0 Å². The maximum atomic E-state index is 11.5. The number of nitrogens with zero attached hydrogens (tertiary/aromatic N) is 1. The molecule has 1 aliphatic rings. The molecule has 0 spiro atoms. The summed E-state index contributed by atoms with van der Waals surface area (Å²) in [6, 6.07) is -0.551. The Hall–Kier alpha value is -1.67. The van der Waals surface area contributed by atoms with E-state index in [0.717, 1.165) is 0 Å². The molecule has 3 amide bonds. The standard InChI is InChI=1S/C11H19N3O5/c1-19-3-2-12-11(18)13-9(15)7-14-5-8(6-14)4-10(16)17/h8H,2-7H2,1H3,(H,16,17)(H2,12,13,15,18). The van der Waals surface area contributed by atoms with Gasteiger partial charge in [-0.25, -0.2) is 4.79 Å². The van der Waals surface area contributed by atoms with Crippen molar-refractivity contribution in [1.29, 1.82) is 0 Å². The Bertz CT molecular complexity index is 341.